The van der Waals surface area contributed by atoms with Crippen LogP contribution in [0.3, 0.4) is 0 Å². The van der Waals surface area contributed by atoms with Crippen LogP contribution in [0.1, 0.15) is 12.1 Å². The quantitative estimate of drug-likeness (QED) is 0.734. The van der Waals surface area contributed by atoms with E-state index in [0.29, 0.717) is 18.9 Å². The third-order valence-corrected chi connectivity index (χ3v) is 4.79. The van der Waals surface area contributed by atoms with Crippen LogP contribution < -0.4 is 15.0 Å². The van der Waals surface area contributed by atoms with E-state index in [1.165, 1.54) is 0 Å². The molecule has 0 spiro atoms. The van der Waals surface area contributed by atoms with Crippen LogP contribution in [0.4, 0.5) is 11.8 Å². The molecule has 1 fully saturated rings. The highest BCUT2D eigenvalue weighted by Gasteiger charge is 2.30. The molecule has 7 nitrogen and oxygen atoms in total. The van der Waals surface area contributed by atoms with Crippen LogP contribution in [0.15, 0.2) is 42.6 Å². The number of aliphatic hydroxyl groups excluding tert-OH is 1. The average Bonchev–Trinajstić information content (AvgIpc) is 2.69. The molecular weight excluding hydrogens is 342 g/mol. The zero-order valence-electron chi connectivity index (χ0n) is 15.5. The van der Waals surface area contributed by atoms with E-state index in [1.807, 2.05) is 43.3 Å². The van der Waals surface area contributed by atoms with E-state index in [0.717, 1.165) is 34.7 Å². The van der Waals surface area contributed by atoms with Crippen molar-refractivity contribution in [2.24, 2.45) is 0 Å². The highest BCUT2D eigenvalue weighted by Crippen LogP contribution is 2.28. The molecule has 7 heteroatoms. The number of nitrogens with zero attached hydrogens (tertiary/aromatic N) is 4. The molecule has 0 aliphatic carbocycles. The van der Waals surface area contributed by atoms with E-state index < -0.39 is 6.10 Å². The minimum atomic E-state index is -0.612. The topological polar surface area (TPSA) is 83.4 Å². The number of piperidine rings is 1. The van der Waals surface area contributed by atoms with Gasteiger partial charge in [-0.05, 0) is 31.2 Å². The van der Waals surface area contributed by atoms with Gasteiger partial charge in [0.15, 0.2) is 0 Å². The van der Waals surface area contributed by atoms with E-state index in [1.54, 1.807) is 13.2 Å². The van der Waals surface area contributed by atoms with Crippen LogP contribution in [-0.4, -0.2) is 52.4 Å². The predicted molar refractivity (Wildman–Crippen MR) is 105 cm³/mol. The summed E-state index contributed by atoms with van der Waals surface area (Å²) in [7, 11) is 1.80. The lowest BCUT2D eigenvalue weighted by Crippen LogP contribution is -2.49. The molecule has 1 aliphatic heterocycles. The van der Waals surface area contributed by atoms with Crippen molar-refractivity contribution in [2.45, 2.75) is 25.6 Å². The minimum Gasteiger partial charge on any atom is -0.487 e. The molecule has 0 radical (unpaired) electrons. The Balaban J connectivity index is 1.50. The maximum atomic E-state index is 10.7. The number of nitrogens with one attached hydrogen (secondary N) is 1. The van der Waals surface area contributed by atoms with Crippen molar-refractivity contribution in [2.75, 3.05) is 30.4 Å². The van der Waals surface area contributed by atoms with Gasteiger partial charge in [0, 0.05) is 49.9 Å². The first-order valence-corrected chi connectivity index (χ1v) is 9.11. The summed E-state index contributed by atoms with van der Waals surface area (Å²) in [5.74, 6) is 2.16. The zero-order chi connectivity index (χ0) is 18.8. The summed E-state index contributed by atoms with van der Waals surface area (Å²) in [5, 5.41) is 14.6. The van der Waals surface area contributed by atoms with Crippen molar-refractivity contribution in [3.05, 3.63) is 48.3 Å². The molecule has 2 aromatic heterocycles. The number of pyridine rings is 1. The summed E-state index contributed by atoms with van der Waals surface area (Å²) in [5.41, 5.74) is 1.78. The summed E-state index contributed by atoms with van der Waals surface area (Å²) < 4.78 is 6.17. The number of aryl methyl sites for hydroxylation is 1. The number of ether oxygens (including phenoxy) is 1. The Morgan fingerprint density at radius 3 is 2.93 bits per heavy atom. The summed E-state index contributed by atoms with van der Waals surface area (Å²) in [6.45, 7) is 3.16. The van der Waals surface area contributed by atoms with Crippen molar-refractivity contribution >= 4 is 22.7 Å². The number of hydrogen-bond donors (Lipinski definition) is 2. The Bertz CT molecular complexity index is 943. The summed E-state index contributed by atoms with van der Waals surface area (Å²) in [4.78, 5) is 15.3. The van der Waals surface area contributed by atoms with Gasteiger partial charge in [-0.1, -0.05) is 6.07 Å². The Labute approximate surface area is 158 Å². The number of aliphatic hydroxyl groups is 1. The van der Waals surface area contributed by atoms with E-state index in [2.05, 4.69) is 25.2 Å². The molecule has 0 amide bonds. The second kappa shape index (κ2) is 7.36. The molecule has 2 atom stereocenters. The molecule has 0 unspecified atom stereocenters. The van der Waals surface area contributed by atoms with Gasteiger partial charge in [-0.3, -0.25) is 4.98 Å². The van der Waals surface area contributed by atoms with Crippen LogP contribution >= 0.6 is 0 Å². The zero-order valence-corrected chi connectivity index (χ0v) is 15.5. The number of rotatable bonds is 4. The third kappa shape index (κ3) is 3.64. The molecule has 0 bridgehead atoms. The van der Waals surface area contributed by atoms with Gasteiger partial charge >= 0.3 is 0 Å². The Morgan fingerprint density at radius 2 is 2.11 bits per heavy atom. The first kappa shape index (κ1) is 17.5. The van der Waals surface area contributed by atoms with Crippen LogP contribution in [0.25, 0.3) is 10.9 Å². The van der Waals surface area contributed by atoms with Gasteiger partial charge in [-0.2, -0.15) is 4.98 Å². The van der Waals surface area contributed by atoms with E-state index in [4.69, 9.17) is 4.74 Å². The Kier molecular flexibility index (Phi) is 4.77. The molecular formula is C20H23N5O2. The van der Waals surface area contributed by atoms with Gasteiger partial charge in [0.1, 0.15) is 23.8 Å². The molecule has 3 heterocycles. The highest BCUT2D eigenvalue weighted by molar-refractivity contribution is 5.84. The first-order chi connectivity index (χ1) is 13.1. The van der Waals surface area contributed by atoms with Gasteiger partial charge in [-0.25, -0.2) is 4.98 Å². The molecule has 0 saturated carbocycles. The van der Waals surface area contributed by atoms with Crippen molar-refractivity contribution < 1.29 is 9.84 Å². The lowest BCUT2D eigenvalue weighted by Gasteiger charge is -2.36. The van der Waals surface area contributed by atoms with E-state index in [-0.39, 0.29) is 6.10 Å². The second-order valence-electron chi connectivity index (χ2n) is 6.73. The molecule has 1 saturated heterocycles. The van der Waals surface area contributed by atoms with Gasteiger partial charge in [0.2, 0.25) is 5.95 Å². The molecule has 3 aromatic rings. The Hall–Kier alpha value is -2.93. The van der Waals surface area contributed by atoms with E-state index in [9.17, 15) is 5.11 Å². The number of benzene rings is 1. The van der Waals surface area contributed by atoms with E-state index >= 15 is 0 Å². The van der Waals surface area contributed by atoms with Gasteiger partial charge in [0.25, 0.3) is 0 Å². The normalized spacial score (nSPS) is 19.9. The maximum absolute atomic E-state index is 10.7. The number of fused-ring (bicyclic) bond motifs is 1. The SMILES string of the molecule is CNc1nc(C)cc(N2CC[C@@H](Oc3cccc4ncccc34)[C@H](O)C2)n1. The Morgan fingerprint density at radius 1 is 1.22 bits per heavy atom. The van der Waals surface area contributed by atoms with Crippen molar-refractivity contribution in [1.29, 1.82) is 0 Å². The number of β-amino-alcohol motifs (C(OH)–C–C–N with tert-alkyl or cyclic N) is 1. The molecule has 1 aliphatic rings. The molecule has 2 N–H and O–H groups in total. The third-order valence-electron chi connectivity index (χ3n) is 4.79. The lowest BCUT2D eigenvalue weighted by atomic mass is 10.0. The molecule has 140 valence electrons. The van der Waals surface area contributed by atoms with Gasteiger partial charge in [-0.15, -0.1) is 0 Å². The van der Waals surface area contributed by atoms with Crippen molar-refractivity contribution in [3.8, 4) is 5.75 Å². The second-order valence-corrected chi connectivity index (χ2v) is 6.73. The highest BCUT2D eigenvalue weighted by atomic mass is 16.5. The van der Waals surface area contributed by atoms with Crippen LogP contribution in [-0.2, 0) is 0 Å². The fraction of sp³-hybridized carbons (Fsp3) is 0.350. The standard InChI is InChI=1S/C20H23N5O2/c1-13-11-19(24-20(21-2)23-13)25-10-8-18(16(26)12-25)27-17-7-3-6-15-14(17)5-4-9-22-15/h3-7,9,11,16,18,26H,8,10,12H2,1-2H3,(H,21,23,24)/t16-,18-/m1/s1. The summed E-state index contributed by atoms with van der Waals surface area (Å²) in [6, 6.07) is 11.6. The molecule has 1 aromatic carbocycles. The van der Waals surface area contributed by atoms with Crippen LogP contribution in [0.5, 0.6) is 5.75 Å². The molecule has 4 rings (SSSR count). The lowest BCUT2D eigenvalue weighted by molar-refractivity contribution is 0.0249. The number of hydrogen-bond acceptors (Lipinski definition) is 7. The van der Waals surface area contributed by atoms with Crippen molar-refractivity contribution in [1.82, 2.24) is 15.0 Å². The fourth-order valence-electron chi connectivity index (χ4n) is 3.42. The average molecular weight is 365 g/mol. The molecule has 27 heavy (non-hydrogen) atoms. The minimum absolute atomic E-state index is 0.265. The van der Waals surface area contributed by atoms with Crippen LogP contribution in [0.2, 0.25) is 0 Å². The van der Waals surface area contributed by atoms with Crippen LogP contribution in [0, 0.1) is 6.92 Å². The maximum Gasteiger partial charge on any atom is 0.224 e. The largest absolute Gasteiger partial charge is 0.487 e. The first-order valence-electron chi connectivity index (χ1n) is 9.11. The van der Waals surface area contributed by atoms with Crippen molar-refractivity contribution in [3.63, 3.8) is 0 Å². The smallest absolute Gasteiger partial charge is 0.224 e. The fourth-order valence-corrected chi connectivity index (χ4v) is 3.42. The summed E-state index contributed by atoms with van der Waals surface area (Å²) >= 11 is 0. The van der Waals surface area contributed by atoms with Gasteiger partial charge < -0.3 is 20.1 Å². The number of anilines is 2. The predicted octanol–water partition coefficient (Wildman–Crippen LogP) is 2.39. The monoisotopic (exact) mass is 365 g/mol. The number of aromatic nitrogens is 3. The van der Waals surface area contributed by atoms with Gasteiger partial charge in [0.05, 0.1) is 5.52 Å². The summed E-state index contributed by atoms with van der Waals surface area (Å²) in [6.07, 6.45) is 1.59.